The van der Waals surface area contributed by atoms with Crippen molar-refractivity contribution in [1.29, 1.82) is 0 Å². The number of ether oxygens (including phenoxy) is 1. The fourth-order valence-corrected chi connectivity index (χ4v) is 1.59. The summed E-state index contributed by atoms with van der Waals surface area (Å²) in [5, 5.41) is 3.93. The highest BCUT2D eigenvalue weighted by Gasteiger charge is 1.98. The number of nitrogens with one attached hydrogen (secondary N) is 1. The minimum atomic E-state index is -0.0318. The van der Waals surface area contributed by atoms with Crippen molar-refractivity contribution in [3.63, 3.8) is 0 Å². The average Bonchev–Trinajstić information content (AvgIpc) is 2.41. The first-order valence-corrected chi connectivity index (χ1v) is 6.81. The lowest BCUT2D eigenvalue weighted by molar-refractivity contribution is -0.121. The lowest BCUT2D eigenvalue weighted by Crippen LogP contribution is -2.16. The maximum Gasteiger partial charge on any atom is 0.240 e. The van der Waals surface area contributed by atoms with Gasteiger partial charge in [0, 0.05) is 6.42 Å². The summed E-state index contributed by atoms with van der Waals surface area (Å²) in [7, 11) is 0. The summed E-state index contributed by atoms with van der Waals surface area (Å²) < 4.78 is 5.34. The molecule has 0 aliphatic carbocycles. The van der Waals surface area contributed by atoms with Gasteiger partial charge in [-0.2, -0.15) is 5.10 Å². The summed E-state index contributed by atoms with van der Waals surface area (Å²) in [6, 6.07) is 7.57. The van der Waals surface area contributed by atoms with Crippen LogP contribution in [0.4, 0.5) is 0 Å². The van der Waals surface area contributed by atoms with Crippen molar-refractivity contribution in [2.75, 3.05) is 6.61 Å². The number of hydrogen-bond donors (Lipinski definition) is 1. The van der Waals surface area contributed by atoms with Crippen molar-refractivity contribution in [3.8, 4) is 5.75 Å². The Morgan fingerprint density at radius 2 is 2.00 bits per heavy atom. The smallest absolute Gasteiger partial charge is 0.240 e. The van der Waals surface area contributed by atoms with Crippen molar-refractivity contribution in [2.45, 2.75) is 39.5 Å². The number of unbranched alkanes of at least 4 members (excludes halogenated alkanes) is 2. The third kappa shape index (κ3) is 6.60. The van der Waals surface area contributed by atoms with E-state index >= 15 is 0 Å². The minimum Gasteiger partial charge on any atom is -0.494 e. The van der Waals surface area contributed by atoms with E-state index in [0.717, 1.165) is 30.6 Å². The van der Waals surface area contributed by atoms with Crippen LogP contribution >= 0.6 is 0 Å². The largest absolute Gasteiger partial charge is 0.494 e. The van der Waals surface area contributed by atoms with Gasteiger partial charge in [0.15, 0.2) is 0 Å². The molecule has 0 aliphatic heterocycles. The minimum absolute atomic E-state index is 0.0318. The highest BCUT2D eigenvalue weighted by molar-refractivity contribution is 5.82. The normalized spacial score (nSPS) is 10.6. The molecule has 104 valence electrons. The Labute approximate surface area is 114 Å². The lowest BCUT2D eigenvalue weighted by Gasteiger charge is -2.02. The fourth-order valence-electron chi connectivity index (χ4n) is 1.59. The van der Waals surface area contributed by atoms with E-state index in [0.29, 0.717) is 13.0 Å². The lowest BCUT2D eigenvalue weighted by atomic mass is 10.2. The van der Waals surface area contributed by atoms with Gasteiger partial charge in [-0.15, -0.1) is 0 Å². The Morgan fingerprint density at radius 1 is 1.26 bits per heavy atom. The monoisotopic (exact) mass is 262 g/mol. The second kappa shape index (κ2) is 9.14. The zero-order valence-corrected chi connectivity index (χ0v) is 11.7. The van der Waals surface area contributed by atoms with Crippen molar-refractivity contribution >= 4 is 12.1 Å². The Morgan fingerprint density at radius 3 is 2.63 bits per heavy atom. The van der Waals surface area contributed by atoms with Gasteiger partial charge in [0.2, 0.25) is 5.91 Å². The maximum absolute atomic E-state index is 11.4. The number of nitrogens with zero attached hydrogens (tertiary/aromatic N) is 1. The second-order valence-corrected chi connectivity index (χ2v) is 4.25. The number of amides is 1. The highest BCUT2D eigenvalue weighted by atomic mass is 16.5. The standard InChI is InChI=1S/C15H22N2O2/c1-3-5-6-7-15(18)17-16-12-13-8-10-14(11-9-13)19-4-2/h8-12H,3-7H2,1-2H3,(H,17,18)/b16-12-. The van der Waals surface area contributed by atoms with Crippen LogP contribution in [0.25, 0.3) is 0 Å². The molecule has 0 aromatic heterocycles. The quantitative estimate of drug-likeness (QED) is 0.444. The number of carbonyl (C=O) groups is 1. The molecule has 0 aliphatic rings. The van der Waals surface area contributed by atoms with Gasteiger partial charge in [-0.3, -0.25) is 4.79 Å². The third-order valence-corrected chi connectivity index (χ3v) is 2.60. The van der Waals surface area contributed by atoms with E-state index < -0.39 is 0 Å². The van der Waals surface area contributed by atoms with Gasteiger partial charge >= 0.3 is 0 Å². The van der Waals surface area contributed by atoms with E-state index in [9.17, 15) is 4.79 Å². The van der Waals surface area contributed by atoms with Gasteiger partial charge in [-0.05, 0) is 43.2 Å². The molecule has 0 heterocycles. The molecule has 4 nitrogen and oxygen atoms in total. The van der Waals surface area contributed by atoms with Crippen LogP contribution in [0.3, 0.4) is 0 Å². The predicted molar refractivity (Wildman–Crippen MR) is 77.5 cm³/mol. The van der Waals surface area contributed by atoms with Gasteiger partial charge in [-0.25, -0.2) is 5.43 Å². The molecular formula is C15H22N2O2. The molecule has 1 N–H and O–H groups in total. The van der Waals surface area contributed by atoms with Crippen LogP contribution in [0, 0.1) is 0 Å². The zero-order valence-electron chi connectivity index (χ0n) is 11.7. The molecule has 0 bridgehead atoms. The van der Waals surface area contributed by atoms with E-state index in [-0.39, 0.29) is 5.91 Å². The first-order chi connectivity index (χ1) is 9.26. The van der Waals surface area contributed by atoms with E-state index in [1.165, 1.54) is 0 Å². The molecule has 0 atom stereocenters. The van der Waals surface area contributed by atoms with Crippen LogP contribution < -0.4 is 10.2 Å². The summed E-state index contributed by atoms with van der Waals surface area (Å²) in [5.74, 6) is 0.805. The van der Waals surface area contributed by atoms with Gasteiger partial charge in [0.25, 0.3) is 0 Å². The van der Waals surface area contributed by atoms with Gasteiger partial charge in [-0.1, -0.05) is 19.8 Å². The van der Waals surface area contributed by atoms with Crippen LogP contribution in [0.2, 0.25) is 0 Å². The number of hydrazone groups is 1. The van der Waals surface area contributed by atoms with E-state index in [2.05, 4.69) is 17.5 Å². The maximum atomic E-state index is 11.4. The molecule has 0 radical (unpaired) electrons. The fraction of sp³-hybridized carbons (Fsp3) is 0.467. The highest BCUT2D eigenvalue weighted by Crippen LogP contribution is 2.10. The summed E-state index contributed by atoms with van der Waals surface area (Å²) in [6.45, 7) is 4.71. The van der Waals surface area contributed by atoms with Gasteiger partial charge in [0.05, 0.1) is 12.8 Å². The Bertz CT molecular complexity index is 399. The van der Waals surface area contributed by atoms with E-state index in [1.54, 1.807) is 6.21 Å². The molecule has 0 saturated carbocycles. The van der Waals surface area contributed by atoms with Crippen LogP contribution in [0.5, 0.6) is 5.75 Å². The molecule has 1 aromatic rings. The molecule has 0 fully saturated rings. The van der Waals surface area contributed by atoms with Crippen LogP contribution in [-0.2, 0) is 4.79 Å². The molecule has 1 aromatic carbocycles. The van der Waals surface area contributed by atoms with Crippen LogP contribution in [0.1, 0.15) is 45.1 Å². The number of hydrogen-bond acceptors (Lipinski definition) is 3. The van der Waals surface area contributed by atoms with Crippen LogP contribution in [-0.4, -0.2) is 18.7 Å². The van der Waals surface area contributed by atoms with Crippen molar-refractivity contribution in [1.82, 2.24) is 5.43 Å². The summed E-state index contributed by atoms with van der Waals surface area (Å²) in [5.41, 5.74) is 3.46. The van der Waals surface area contributed by atoms with Crippen molar-refractivity contribution < 1.29 is 9.53 Å². The van der Waals surface area contributed by atoms with Crippen molar-refractivity contribution in [3.05, 3.63) is 29.8 Å². The molecule has 19 heavy (non-hydrogen) atoms. The van der Waals surface area contributed by atoms with Crippen LogP contribution in [0.15, 0.2) is 29.4 Å². The van der Waals surface area contributed by atoms with E-state index in [4.69, 9.17) is 4.74 Å². The first-order valence-electron chi connectivity index (χ1n) is 6.81. The summed E-state index contributed by atoms with van der Waals surface area (Å²) in [4.78, 5) is 11.4. The number of benzene rings is 1. The number of carbonyl (C=O) groups excluding carboxylic acids is 1. The Hall–Kier alpha value is -1.84. The zero-order chi connectivity index (χ0) is 13.9. The van der Waals surface area contributed by atoms with Gasteiger partial charge < -0.3 is 4.74 Å². The average molecular weight is 262 g/mol. The molecule has 1 rings (SSSR count). The molecule has 1 amide bonds. The molecular weight excluding hydrogens is 240 g/mol. The van der Waals surface area contributed by atoms with Gasteiger partial charge in [0.1, 0.15) is 5.75 Å². The molecule has 0 spiro atoms. The number of rotatable bonds is 8. The topological polar surface area (TPSA) is 50.7 Å². The van der Waals surface area contributed by atoms with E-state index in [1.807, 2.05) is 31.2 Å². The Kier molecular flexibility index (Phi) is 7.32. The molecule has 4 heteroatoms. The predicted octanol–water partition coefficient (Wildman–Crippen LogP) is 3.12. The third-order valence-electron chi connectivity index (χ3n) is 2.60. The molecule has 0 saturated heterocycles. The second-order valence-electron chi connectivity index (χ2n) is 4.25. The SMILES string of the molecule is CCCCCC(=O)N/N=C\c1ccc(OCC)cc1. The summed E-state index contributed by atoms with van der Waals surface area (Å²) >= 11 is 0. The molecule has 0 unspecified atom stereocenters. The first kappa shape index (κ1) is 15.2. The Balaban J connectivity index is 2.33. The van der Waals surface area contributed by atoms with Crippen molar-refractivity contribution in [2.24, 2.45) is 5.10 Å². The summed E-state index contributed by atoms with van der Waals surface area (Å²) in [6.07, 6.45) is 5.28.